The quantitative estimate of drug-likeness (QED) is 0.431. The van der Waals surface area contributed by atoms with Crippen LogP contribution in [0.15, 0.2) is 62.3 Å². The lowest BCUT2D eigenvalue weighted by Gasteiger charge is -2.06. The first kappa shape index (κ1) is 18.7. The zero-order valence-corrected chi connectivity index (χ0v) is 16.2. The lowest BCUT2D eigenvalue weighted by molar-refractivity contribution is 0.243. The number of fused-ring (bicyclic) bond motifs is 1. The van der Waals surface area contributed by atoms with Gasteiger partial charge in [0.05, 0.1) is 12.2 Å². The highest BCUT2D eigenvalue weighted by Crippen LogP contribution is 2.28. The van der Waals surface area contributed by atoms with Gasteiger partial charge in [0.2, 0.25) is 5.82 Å². The molecule has 4 aromatic rings. The highest BCUT2D eigenvalue weighted by molar-refractivity contribution is 5.81. The van der Waals surface area contributed by atoms with Gasteiger partial charge in [-0.15, -0.1) is 0 Å². The first-order valence-electron chi connectivity index (χ1n) is 9.42. The van der Waals surface area contributed by atoms with Gasteiger partial charge in [-0.1, -0.05) is 24.2 Å². The lowest BCUT2D eigenvalue weighted by atomic mass is 10.1. The second-order valence-corrected chi connectivity index (χ2v) is 6.33. The third-order valence-corrected chi connectivity index (χ3v) is 4.44. The number of rotatable bonds is 7. The second kappa shape index (κ2) is 8.18. The number of aryl methyl sites for hydroxylation is 1. The van der Waals surface area contributed by atoms with Crippen molar-refractivity contribution in [3.8, 4) is 22.9 Å². The molecule has 0 radical (unpaired) electrons. The highest BCUT2D eigenvalue weighted by Gasteiger charge is 2.14. The van der Waals surface area contributed by atoms with Gasteiger partial charge in [0.25, 0.3) is 5.89 Å². The molecule has 0 N–H and O–H groups in total. The summed E-state index contributed by atoms with van der Waals surface area (Å²) in [4.78, 5) is 16.1. The van der Waals surface area contributed by atoms with E-state index >= 15 is 0 Å². The Bertz CT molecular complexity index is 1200. The maximum atomic E-state index is 11.7. The lowest BCUT2D eigenvalue weighted by Crippen LogP contribution is -2.01. The zero-order valence-electron chi connectivity index (χ0n) is 16.2. The summed E-state index contributed by atoms with van der Waals surface area (Å²) in [7, 11) is 0. The molecule has 0 aliphatic heterocycles. The number of ether oxygens (including phenoxy) is 2. The van der Waals surface area contributed by atoms with Gasteiger partial charge < -0.3 is 18.4 Å². The van der Waals surface area contributed by atoms with E-state index in [9.17, 15) is 4.79 Å². The molecule has 0 fully saturated rings. The molecule has 4 rings (SSSR count). The molecule has 148 valence electrons. The molecule has 0 unspecified atom stereocenters. The Kier molecular flexibility index (Phi) is 5.29. The molecule has 7 nitrogen and oxygen atoms in total. The van der Waals surface area contributed by atoms with Crippen LogP contribution < -0.4 is 15.1 Å². The predicted octanol–water partition coefficient (Wildman–Crippen LogP) is 4.38. The fourth-order valence-corrected chi connectivity index (χ4v) is 3.09. The summed E-state index contributed by atoms with van der Waals surface area (Å²) in [6.45, 7) is 4.55. The molecule has 0 aliphatic carbocycles. The standard InChI is InChI=1S/C22H20N2O5/c1-3-14-11-21(25)28-19-12-15(9-10-16(14)19)27-13-20-23-22(24-29-20)17-7-5-6-8-18(17)26-4-2/h5-12H,3-4,13H2,1-2H3. The van der Waals surface area contributed by atoms with Crippen LogP contribution in [0.1, 0.15) is 25.3 Å². The predicted molar refractivity (Wildman–Crippen MR) is 107 cm³/mol. The Hall–Kier alpha value is -3.61. The molecule has 29 heavy (non-hydrogen) atoms. The van der Waals surface area contributed by atoms with Crippen LogP contribution in [-0.2, 0) is 13.0 Å². The summed E-state index contributed by atoms with van der Waals surface area (Å²) in [5, 5.41) is 4.92. The van der Waals surface area contributed by atoms with Crippen molar-refractivity contribution in [3.05, 3.63) is 70.4 Å². The molecule has 2 heterocycles. The molecular weight excluding hydrogens is 372 g/mol. The van der Waals surface area contributed by atoms with Crippen LogP contribution in [0.4, 0.5) is 0 Å². The topological polar surface area (TPSA) is 87.6 Å². The fourth-order valence-electron chi connectivity index (χ4n) is 3.09. The van der Waals surface area contributed by atoms with E-state index in [2.05, 4.69) is 10.1 Å². The Morgan fingerprint density at radius 3 is 2.72 bits per heavy atom. The van der Waals surface area contributed by atoms with Gasteiger partial charge in [-0.2, -0.15) is 4.98 Å². The van der Waals surface area contributed by atoms with E-state index in [-0.39, 0.29) is 12.2 Å². The number of aromatic nitrogens is 2. The average molecular weight is 392 g/mol. The van der Waals surface area contributed by atoms with Crippen molar-refractivity contribution in [1.29, 1.82) is 0 Å². The molecule has 0 saturated carbocycles. The molecule has 0 atom stereocenters. The summed E-state index contributed by atoms with van der Waals surface area (Å²) in [6.07, 6.45) is 0.746. The Labute approximate surface area is 166 Å². The minimum absolute atomic E-state index is 0.0903. The van der Waals surface area contributed by atoms with E-state index in [1.165, 1.54) is 6.07 Å². The molecule has 0 saturated heterocycles. The molecule has 0 spiro atoms. The zero-order chi connectivity index (χ0) is 20.2. The second-order valence-electron chi connectivity index (χ2n) is 6.33. The summed E-state index contributed by atoms with van der Waals surface area (Å²) in [6, 6.07) is 14.4. The van der Waals surface area contributed by atoms with E-state index in [1.807, 2.05) is 50.2 Å². The van der Waals surface area contributed by atoms with E-state index in [0.717, 1.165) is 22.9 Å². The summed E-state index contributed by atoms with van der Waals surface area (Å²) < 4.78 is 22.0. The fraction of sp³-hybridized carbons (Fsp3) is 0.227. The van der Waals surface area contributed by atoms with Crippen LogP contribution in [-0.4, -0.2) is 16.7 Å². The Morgan fingerprint density at radius 1 is 1.03 bits per heavy atom. The van der Waals surface area contributed by atoms with Gasteiger partial charge in [-0.3, -0.25) is 0 Å². The van der Waals surface area contributed by atoms with E-state index in [4.69, 9.17) is 18.4 Å². The van der Waals surface area contributed by atoms with Gasteiger partial charge in [0, 0.05) is 17.5 Å². The van der Waals surface area contributed by atoms with Crippen molar-refractivity contribution in [2.75, 3.05) is 6.61 Å². The van der Waals surface area contributed by atoms with Gasteiger partial charge in [0.15, 0.2) is 6.61 Å². The van der Waals surface area contributed by atoms with Crippen LogP contribution in [0.3, 0.4) is 0 Å². The molecule has 7 heteroatoms. The van der Waals surface area contributed by atoms with Crippen molar-refractivity contribution >= 4 is 11.0 Å². The summed E-state index contributed by atoms with van der Waals surface area (Å²) >= 11 is 0. The first-order chi connectivity index (χ1) is 14.2. The van der Waals surface area contributed by atoms with E-state index in [0.29, 0.717) is 35.4 Å². The maximum absolute atomic E-state index is 11.7. The van der Waals surface area contributed by atoms with Crippen LogP contribution in [0, 0.1) is 0 Å². The number of benzene rings is 2. The van der Waals surface area contributed by atoms with Crippen molar-refractivity contribution in [2.45, 2.75) is 26.9 Å². The minimum atomic E-state index is -0.374. The molecule has 0 aliphatic rings. The SMILES string of the molecule is CCOc1ccccc1-c1noc(COc2ccc3c(CC)cc(=O)oc3c2)n1. The van der Waals surface area contributed by atoms with E-state index in [1.54, 1.807) is 6.07 Å². The first-order valence-corrected chi connectivity index (χ1v) is 9.42. The van der Waals surface area contributed by atoms with Crippen molar-refractivity contribution in [3.63, 3.8) is 0 Å². The number of hydrogen-bond donors (Lipinski definition) is 0. The van der Waals surface area contributed by atoms with E-state index < -0.39 is 0 Å². The average Bonchev–Trinajstić information content (AvgIpc) is 3.21. The van der Waals surface area contributed by atoms with Gasteiger partial charge >= 0.3 is 5.63 Å². The van der Waals surface area contributed by atoms with Crippen LogP contribution in [0.2, 0.25) is 0 Å². The van der Waals surface area contributed by atoms with Crippen LogP contribution >= 0.6 is 0 Å². The Balaban J connectivity index is 1.53. The highest BCUT2D eigenvalue weighted by atomic mass is 16.5. The maximum Gasteiger partial charge on any atom is 0.336 e. The third-order valence-electron chi connectivity index (χ3n) is 4.44. The van der Waals surface area contributed by atoms with Crippen molar-refractivity contribution in [1.82, 2.24) is 10.1 Å². The molecule has 2 aromatic heterocycles. The number of nitrogens with zero attached hydrogens (tertiary/aromatic N) is 2. The van der Waals surface area contributed by atoms with Crippen LogP contribution in [0.5, 0.6) is 11.5 Å². The summed E-state index contributed by atoms with van der Waals surface area (Å²) in [5.41, 5.74) is 1.81. The van der Waals surface area contributed by atoms with Crippen LogP contribution in [0.25, 0.3) is 22.4 Å². The molecular formula is C22H20N2O5. The largest absolute Gasteiger partial charge is 0.493 e. The van der Waals surface area contributed by atoms with Gasteiger partial charge in [0.1, 0.15) is 17.1 Å². The number of hydrogen-bond acceptors (Lipinski definition) is 7. The number of para-hydroxylation sites is 1. The molecule has 0 amide bonds. The van der Waals surface area contributed by atoms with Gasteiger partial charge in [-0.05, 0) is 43.2 Å². The third kappa shape index (κ3) is 3.99. The molecule has 0 bridgehead atoms. The van der Waals surface area contributed by atoms with Crippen molar-refractivity contribution in [2.24, 2.45) is 0 Å². The van der Waals surface area contributed by atoms with Gasteiger partial charge in [-0.25, -0.2) is 4.79 Å². The Morgan fingerprint density at radius 2 is 1.90 bits per heavy atom. The minimum Gasteiger partial charge on any atom is -0.493 e. The molecule has 2 aromatic carbocycles. The normalized spacial score (nSPS) is 11.0. The van der Waals surface area contributed by atoms with Crippen molar-refractivity contribution < 1.29 is 18.4 Å². The summed E-state index contributed by atoms with van der Waals surface area (Å²) in [5.74, 6) is 2.00. The smallest absolute Gasteiger partial charge is 0.336 e. The monoisotopic (exact) mass is 392 g/mol.